The van der Waals surface area contributed by atoms with Crippen LogP contribution in [0, 0.1) is 6.92 Å². The van der Waals surface area contributed by atoms with Gasteiger partial charge < -0.3 is 9.15 Å². The Labute approximate surface area is 263 Å². The average molecular weight is 616 g/mol. The van der Waals surface area contributed by atoms with E-state index in [0.717, 1.165) is 15.5 Å². The second kappa shape index (κ2) is 13.2. The Morgan fingerprint density at radius 2 is 1.44 bits per heavy atom. The first-order valence-electron chi connectivity index (χ1n) is 14.6. The van der Waals surface area contributed by atoms with Crippen molar-refractivity contribution >= 4 is 55.5 Å². The lowest BCUT2D eigenvalue weighted by Crippen LogP contribution is -2.11. The number of Topliss-reactive ketones (excluding diaryl/α,β-unsaturated/α-hetero) is 4. The molecule has 45 heavy (non-hydrogen) atoms. The highest BCUT2D eigenvalue weighted by Gasteiger charge is 2.18. The number of aromatic nitrogens is 1. The number of carbonyl (C=O) groups excluding carboxylic acids is 4. The molecule has 0 radical (unpaired) electrons. The molecule has 3 aromatic heterocycles. The number of ether oxygens (including phenoxy) is 1. The van der Waals surface area contributed by atoms with Crippen LogP contribution in [0.2, 0.25) is 0 Å². The van der Waals surface area contributed by atoms with E-state index in [4.69, 9.17) is 9.15 Å². The van der Waals surface area contributed by atoms with Gasteiger partial charge in [-0.3, -0.25) is 19.2 Å². The van der Waals surface area contributed by atoms with E-state index in [0.29, 0.717) is 33.4 Å². The molecule has 0 fully saturated rings. The van der Waals surface area contributed by atoms with Gasteiger partial charge in [-0.05, 0) is 71.8 Å². The number of nitrogens with zero attached hydrogens (tertiary/aromatic N) is 1. The summed E-state index contributed by atoms with van der Waals surface area (Å²) in [7, 11) is 0. The Morgan fingerprint density at radius 3 is 2.27 bits per heavy atom. The molecular formula is C37H29NO6S. The summed E-state index contributed by atoms with van der Waals surface area (Å²) in [4.78, 5) is 56.2. The zero-order valence-corrected chi connectivity index (χ0v) is 25.4. The third-order valence-electron chi connectivity index (χ3n) is 7.74. The first-order chi connectivity index (χ1) is 21.9. The number of furan rings is 1. The monoisotopic (exact) mass is 615 g/mol. The number of carbonyl (C=O) groups is 4. The van der Waals surface area contributed by atoms with Crippen LogP contribution in [0.4, 0.5) is 0 Å². The molecular weight excluding hydrogens is 586 g/mol. The first-order valence-corrected chi connectivity index (χ1v) is 15.5. The maximum atomic E-state index is 13.2. The van der Waals surface area contributed by atoms with E-state index in [1.54, 1.807) is 85.2 Å². The molecule has 0 unspecified atom stereocenters. The van der Waals surface area contributed by atoms with Crippen molar-refractivity contribution in [3.05, 3.63) is 130 Å². The fraction of sp³-hybridized carbons (Fsp3) is 0.162. The highest BCUT2D eigenvalue weighted by Crippen LogP contribution is 2.24. The number of aryl methyl sites for hydroxylation is 1. The zero-order chi connectivity index (χ0) is 31.3. The standard InChI is InChI=1S/C37H29NO6S/c1-23-6-15-36(38-37(23)33(42)12-10-31(40)24-7-13-34-26(20-24)16-18-43-34)44-22-28-4-2-3-5-29(28)32(41)11-9-30(39)25-8-14-35-27(21-25)17-19-45-35/h2-8,13-21H,9-12,22H2,1H3. The normalized spacial score (nSPS) is 11.1. The molecule has 0 aliphatic rings. The van der Waals surface area contributed by atoms with Crippen molar-refractivity contribution in [1.29, 1.82) is 0 Å². The van der Waals surface area contributed by atoms with Crippen LogP contribution >= 0.6 is 11.3 Å². The van der Waals surface area contributed by atoms with E-state index in [9.17, 15) is 19.2 Å². The Kier molecular flexibility index (Phi) is 8.75. The summed E-state index contributed by atoms with van der Waals surface area (Å²) in [5.74, 6) is -0.380. The van der Waals surface area contributed by atoms with E-state index in [1.165, 1.54) is 0 Å². The Bertz CT molecular complexity index is 2070. The molecule has 0 amide bonds. The predicted molar refractivity (Wildman–Crippen MR) is 174 cm³/mol. The fourth-order valence-corrected chi connectivity index (χ4v) is 5.99. The van der Waals surface area contributed by atoms with Gasteiger partial charge in [-0.25, -0.2) is 4.98 Å². The predicted octanol–water partition coefficient (Wildman–Crippen LogP) is 8.62. The number of ketones is 4. The van der Waals surface area contributed by atoms with Crippen LogP contribution in [0.1, 0.15) is 78.4 Å². The molecule has 0 N–H and O–H groups in total. The van der Waals surface area contributed by atoms with Crippen molar-refractivity contribution in [2.24, 2.45) is 0 Å². The van der Waals surface area contributed by atoms with Gasteiger partial charge in [0.25, 0.3) is 0 Å². The largest absolute Gasteiger partial charge is 0.473 e. The summed E-state index contributed by atoms with van der Waals surface area (Å²) in [5.41, 5.74) is 3.88. The molecule has 6 rings (SSSR count). The SMILES string of the molecule is Cc1ccc(OCc2ccccc2C(=O)CCC(=O)c2ccc3sccc3c2)nc1C(=O)CCC(=O)c1ccc2occc2c1. The molecule has 0 aliphatic carbocycles. The van der Waals surface area contributed by atoms with Crippen molar-refractivity contribution < 1.29 is 28.3 Å². The lowest BCUT2D eigenvalue weighted by Gasteiger charge is -2.12. The summed E-state index contributed by atoms with van der Waals surface area (Å²) < 4.78 is 12.4. The van der Waals surface area contributed by atoms with E-state index < -0.39 is 0 Å². The lowest BCUT2D eigenvalue weighted by molar-refractivity contribution is 0.0913. The van der Waals surface area contributed by atoms with Gasteiger partial charge in [0.1, 0.15) is 17.9 Å². The van der Waals surface area contributed by atoms with Crippen LogP contribution < -0.4 is 4.74 Å². The Morgan fingerprint density at radius 1 is 0.733 bits per heavy atom. The molecule has 8 heteroatoms. The maximum absolute atomic E-state index is 13.2. The minimum atomic E-state index is -0.255. The van der Waals surface area contributed by atoms with E-state index in [2.05, 4.69) is 4.98 Å². The number of hydrogen-bond acceptors (Lipinski definition) is 8. The summed E-state index contributed by atoms with van der Waals surface area (Å²) in [6.07, 6.45) is 1.81. The van der Waals surface area contributed by atoms with Crippen LogP contribution in [0.15, 0.2) is 101 Å². The number of rotatable bonds is 13. The summed E-state index contributed by atoms with van der Waals surface area (Å²) in [6, 6.07) is 25.1. The van der Waals surface area contributed by atoms with Gasteiger partial charge in [0, 0.05) is 64.1 Å². The van der Waals surface area contributed by atoms with Crippen LogP contribution in [0.25, 0.3) is 21.1 Å². The second-order valence-electron chi connectivity index (χ2n) is 10.8. The lowest BCUT2D eigenvalue weighted by atomic mass is 9.98. The van der Waals surface area contributed by atoms with Gasteiger partial charge in [-0.2, -0.15) is 0 Å². The van der Waals surface area contributed by atoms with Gasteiger partial charge >= 0.3 is 0 Å². The minimum absolute atomic E-state index is 0.0106. The fourth-order valence-electron chi connectivity index (χ4n) is 5.22. The molecule has 6 aromatic rings. The summed E-state index contributed by atoms with van der Waals surface area (Å²) >= 11 is 1.62. The number of benzene rings is 3. The maximum Gasteiger partial charge on any atom is 0.214 e. The van der Waals surface area contributed by atoms with Crippen molar-refractivity contribution in [1.82, 2.24) is 4.98 Å². The van der Waals surface area contributed by atoms with Crippen molar-refractivity contribution in [3.8, 4) is 5.88 Å². The van der Waals surface area contributed by atoms with Gasteiger partial charge in [-0.15, -0.1) is 11.3 Å². The van der Waals surface area contributed by atoms with Crippen molar-refractivity contribution in [3.63, 3.8) is 0 Å². The minimum Gasteiger partial charge on any atom is -0.473 e. The Hall–Kier alpha value is -5.21. The molecule has 0 saturated carbocycles. The van der Waals surface area contributed by atoms with Crippen LogP contribution in [-0.4, -0.2) is 28.1 Å². The third kappa shape index (κ3) is 6.81. The number of fused-ring (bicyclic) bond motifs is 2. The molecule has 3 heterocycles. The van der Waals surface area contributed by atoms with Gasteiger partial charge in [-0.1, -0.05) is 30.3 Å². The number of hydrogen-bond donors (Lipinski definition) is 0. The van der Waals surface area contributed by atoms with Crippen molar-refractivity contribution in [2.75, 3.05) is 0 Å². The molecule has 0 atom stereocenters. The van der Waals surface area contributed by atoms with Gasteiger partial charge in [0.05, 0.1) is 6.26 Å². The quantitative estimate of drug-likeness (QED) is 0.120. The van der Waals surface area contributed by atoms with E-state index in [1.807, 2.05) is 29.6 Å². The van der Waals surface area contributed by atoms with Gasteiger partial charge in [0.2, 0.25) is 5.88 Å². The first kappa shape index (κ1) is 29.8. The Balaban J connectivity index is 1.06. The van der Waals surface area contributed by atoms with Crippen LogP contribution in [0.3, 0.4) is 0 Å². The molecule has 0 saturated heterocycles. The smallest absolute Gasteiger partial charge is 0.214 e. The van der Waals surface area contributed by atoms with Crippen LogP contribution in [-0.2, 0) is 6.61 Å². The number of thiophene rings is 1. The molecule has 3 aromatic carbocycles. The molecule has 224 valence electrons. The average Bonchev–Trinajstić information content (AvgIpc) is 3.74. The topological polar surface area (TPSA) is 104 Å². The van der Waals surface area contributed by atoms with Crippen molar-refractivity contribution in [2.45, 2.75) is 39.2 Å². The molecule has 7 nitrogen and oxygen atoms in total. The summed E-state index contributed by atoms with van der Waals surface area (Å²) in [6.45, 7) is 1.84. The highest BCUT2D eigenvalue weighted by molar-refractivity contribution is 7.17. The van der Waals surface area contributed by atoms with Crippen LogP contribution in [0.5, 0.6) is 5.88 Å². The highest BCUT2D eigenvalue weighted by atomic mass is 32.1. The van der Waals surface area contributed by atoms with E-state index >= 15 is 0 Å². The molecule has 0 bridgehead atoms. The summed E-state index contributed by atoms with van der Waals surface area (Å²) in [5, 5.41) is 3.84. The van der Waals surface area contributed by atoms with Gasteiger partial charge in [0.15, 0.2) is 23.1 Å². The number of pyridine rings is 1. The molecule has 0 spiro atoms. The second-order valence-corrected chi connectivity index (χ2v) is 11.7. The molecule has 0 aliphatic heterocycles. The zero-order valence-electron chi connectivity index (χ0n) is 24.6. The van der Waals surface area contributed by atoms with E-state index in [-0.39, 0.29) is 67.0 Å². The third-order valence-corrected chi connectivity index (χ3v) is 8.63.